The molecule has 2 unspecified atom stereocenters. The standard InChI is InChI=1S/C9H20O4/c1-2-5-13-9(7-12)8(6-11)3-4-10/h8-12H,2-7H2,1H3. The van der Waals surface area contributed by atoms with Gasteiger partial charge in [-0.25, -0.2) is 0 Å². The Morgan fingerprint density at radius 2 is 1.85 bits per heavy atom. The van der Waals surface area contributed by atoms with Crippen LogP contribution in [0.15, 0.2) is 0 Å². The van der Waals surface area contributed by atoms with Gasteiger partial charge < -0.3 is 20.1 Å². The first-order valence-corrected chi connectivity index (χ1v) is 4.74. The Morgan fingerprint density at radius 3 is 2.23 bits per heavy atom. The molecule has 0 aromatic carbocycles. The molecule has 0 amide bonds. The van der Waals surface area contributed by atoms with Crippen molar-refractivity contribution < 1.29 is 20.1 Å². The van der Waals surface area contributed by atoms with Gasteiger partial charge in [0.1, 0.15) is 0 Å². The van der Waals surface area contributed by atoms with E-state index in [9.17, 15) is 0 Å². The number of hydrogen-bond donors (Lipinski definition) is 3. The molecule has 13 heavy (non-hydrogen) atoms. The summed E-state index contributed by atoms with van der Waals surface area (Å²) in [6.07, 6.45) is 0.997. The average Bonchev–Trinajstić information content (AvgIpc) is 2.17. The monoisotopic (exact) mass is 192 g/mol. The van der Waals surface area contributed by atoms with Crippen molar-refractivity contribution in [1.82, 2.24) is 0 Å². The summed E-state index contributed by atoms with van der Waals surface area (Å²) in [5.41, 5.74) is 0. The first kappa shape index (κ1) is 12.8. The molecule has 0 saturated heterocycles. The van der Waals surface area contributed by atoms with E-state index in [2.05, 4.69) is 0 Å². The predicted octanol–water partition coefficient (Wildman–Crippen LogP) is -0.235. The molecule has 0 heterocycles. The van der Waals surface area contributed by atoms with Crippen molar-refractivity contribution >= 4 is 0 Å². The molecule has 0 aliphatic heterocycles. The zero-order chi connectivity index (χ0) is 10.1. The fourth-order valence-corrected chi connectivity index (χ4v) is 1.17. The lowest BCUT2D eigenvalue weighted by molar-refractivity contribution is -0.0431. The second-order valence-corrected chi connectivity index (χ2v) is 3.05. The summed E-state index contributed by atoms with van der Waals surface area (Å²) in [6.45, 7) is 2.40. The normalized spacial score (nSPS) is 15.7. The van der Waals surface area contributed by atoms with Crippen molar-refractivity contribution in [2.24, 2.45) is 5.92 Å². The topological polar surface area (TPSA) is 69.9 Å². The van der Waals surface area contributed by atoms with Crippen LogP contribution in [-0.4, -0.2) is 47.9 Å². The summed E-state index contributed by atoms with van der Waals surface area (Å²) >= 11 is 0. The average molecular weight is 192 g/mol. The molecule has 0 aliphatic rings. The Morgan fingerprint density at radius 1 is 1.15 bits per heavy atom. The number of aliphatic hydroxyl groups excluding tert-OH is 3. The summed E-state index contributed by atoms with van der Waals surface area (Å²) in [5.74, 6) is -0.165. The number of aliphatic hydroxyl groups is 3. The maximum absolute atomic E-state index is 8.96. The Balaban J connectivity index is 3.84. The third-order valence-electron chi connectivity index (χ3n) is 1.98. The predicted molar refractivity (Wildman–Crippen MR) is 49.4 cm³/mol. The third-order valence-corrected chi connectivity index (χ3v) is 1.98. The molecule has 4 nitrogen and oxygen atoms in total. The highest BCUT2D eigenvalue weighted by Gasteiger charge is 2.19. The van der Waals surface area contributed by atoms with Crippen LogP contribution in [-0.2, 0) is 4.74 Å². The lowest BCUT2D eigenvalue weighted by atomic mass is 10.0. The molecular formula is C9H20O4. The van der Waals surface area contributed by atoms with Crippen LogP contribution in [0.4, 0.5) is 0 Å². The minimum absolute atomic E-state index is 0.0111. The van der Waals surface area contributed by atoms with Crippen LogP contribution in [0.1, 0.15) is 19.8 Å². The van der Waals surface area contributed by atoms with Gasteiger partial charge in [-0.2, -0.15) is 0 Å². The van der Waals surface area contributed by atoms with Gasteiger partial charge in [0, 0.05) is 25.7 Å². The highest BCUT2D eigenvalue weighted by Crippen LogP contribution is 2.11. The van der Waals surface area contributed by atoms with Crippen LogP contribution in [0.25, 0.3) is 0 Å². The molecule has 0 radical (unpaired) electrons. The lowest BCUT2D eigenvalue weighted by Crippen LogP contribution is -2.31. The first-order valence-electron chi connectivity index (χ1n) is 4.74. The molecule has 0 spiro atoms. The highest BCUT2D eigenvalue weighted by atomic mass is 16.5. The van der Waals surface area contributed by atoms with Gasteiger partial charge in [0.2, 0.25) is 0 Å². The summed E-state index contributed by atoms with van der Waals surface area (Å²) in [6, 6.07) is 0. The molecule has 0 aromatic heterocycles. The van der Waals surface area contributed by atoms with E-state index in [1.54, 1.807) is 0 Å². The number of rotatable bonds is 8. The molecule has 4 heteroatoms. The van der Waals surface area contributed by atoms with E-state index in [1.165, 1.54) is 0 Å². The molecule has 0 saturated carbocycles. The van der Waals surface area contributed by atoms with Crippen LogP contribution in [0, 0.1) is 5.92 Å². The maximum atomic E-state index is 8.96. The summed E-state index contributed by atoms with van der Waals surface area (Å²) in [7, 11) is 0. The van der Waals surface area contributed by atoms with E-state index < -0.39 is 0 Å². The summed E-state index contributed by atoms with van der Waals surface area (Å²) < 4.78 is 5.32. The van der Waals surface area contributed by atoms with Crippen LogP contribution in [0.3, 0.4) is 0 Å². The van der Waals surface area contributed by atoms with Crippen molar-refractivity contribution in [3.8, 4) is 0 Å². The van der Waals surface area contributed by atoms with Gasteiger partial charge in [-0.15, -0.1) is 0 Å². The fraction of sp³-hybridized carbons (Fsp3) is 1.00. The van der Waals surface area contributed by atoms with Gasteiger partial charge in [-0.1, -0.05) is 6.92 Å². The second-order valence-electron chi connectivity index (χ2n) is 3.05. The molecule has 0 rings (SSSR count). The van der Waals surface area contributed by atoms with E-state index in [4.69, 9.17) is 20.1 Å². The smallest absolute Gasteiger partial charge is 0.0856 e. The van der Waals surface area contributed by atoms with Crippen LogP contribution >= 0.6 is 0 Å². The molecule has 0 aromatic rings. The van der Waals surface area contributed by atoms with Crippen LogP contribution < -0.4 is 0 Å². The number of hydrogen-bond acceptors (Lipinski definition) is 4. The van der Waals surface area contributed by atoms with Crippen molar-refractivity contribution in [3.05, 3.63) is 0 Å². The number of ether oxygens (including phenoxy) is 1. The largest absolute Gasteiger partial charge is 0.396 e. The Bertz CT molecular complexity index is 108. The first-order chi connectivity index (χ1) is 6.29. The molecular weight excluding hydrogens is 172 g/mol. The Kier molecular flexibility index (Phi) is 8.33. The fourth-order valence-electron chi connectivity index (χ4n) is 1.17. The molecule has 2 atom stereocenters. The zero-order valence-electron chi connectivity index (χ0n) is 8.15. The van der Waals surface area contributed by atoms with Crippen molar-refractivity contribution in [2.75, 3.05) is 26.4 Å². The van der Waals surface area contributed by atoms with Gasteiger partial charge >= 0.3 is 0 Å². The van der Waals surface area contributed by atoms with E-state index in [-0.39, 0.29) is 31.8 Å². The maximum Gasteiger partial charge on any atom is 0.0856 e. The second kappa shape index (κ2) is 8.44. The van der Waals surface area contributed by atoms with Gasteiger partial charge in [-0.3, -0.25) is 0 Å². The van der Waals surface area contributed by atoms with E-state index in [1.807, 2.05) is 6.92 Å². The molecule has 3 N–H and O–H groups in total. The van der Waals surface area contributed by atoms with Gasteiger partial charge in [0.05, 0.1) is 12.7 Å². The van der Waals surface area contributed by atoms with E-state index >= 15 is 0 Å². The lowest BCUT2D eigenvalue weighted by Gasteiger charge is -2.23. The van der Waals surface area contributed by atoms with E-state index in [0.29, 0.717) is 13.0 Å². The van der Waals surface area contributed by atoms with E-state index in [0.717, 1.165) is 6.42 Å². The SMILES string of the molecule is CCCOC(CO)C(CO)CCO. The Labute approximate surface area is 79.2 Å². The van der Waals surface area contributed by atoms with Crippen molar-refractivity contribution in [3.63, 3.8) is 0 Å². The minimum Gasteiger partial charge on any atom is -0.396 e. The summed E-state index contributed by atoms with van der Waals surface area (Å²) in [4.78, 5) is 0. The third kappa shape index (κ3) is 5.21. The minimum atomic E-state index is -0.350. The molecule has 0 fully saturated rings. The summed E-state index contributed by atoms with van der Waals surface area (Å²) in [5, 5.41) is 26.6. The van der Waals surface area contributed by atoms with Gasteiger partial charge in [-0.05, 0) is 12.8 Å². The van der Waals surface area contributed by atoms with Gasteiger partial charge in [0.15, 0.2) is 0 Å². The van der Waals surface area contributed by atoms with Crippen molar-refractivity contribution in [1.29, 1.82) is 0 Å². The van der Waals surface area contributed by atoms with Gasteiger partial charge in [0.25, 0.3) is 0 Å². The quantitative estimate of drug-likeness (QED) is 0.496. The highest BCUT2D eigenvalue weighted by molar-refractivity contribution is 4.68. The zero-order valence-corrected chi connectivity index (χ0v) is 8.15. The Hall–Kier alpha value is -0.160. The molecule has 80 valence electrons. The van der Waals surface area contributed by atoms with Crippen LogP contribution in [0.5, 0.6) is 0 Å². The van der Waals surface area contributed by atoms with Crippen molar-refractivity contribution in [2.45, 2.75) is 25.9 Å². The molecule has 0 bridgehead atoms. The van der Waals surface area contributed by atoms with Crippen LogP contribution in [0.2, 0.25) is 0 Å². The molecule has 0 aliphatic carbocycles.